The summed E-state index contributed by atoms with van der Waals surface area (Å²) in [5.41, 5.74) is 0.390. The first-order valence-electron chi connectivity index (χ1n) is 8.75. The minimum absolute atomic E-state index is 0. The van der Waals surface area contributed by atoms with Crippen LogP contribution in [0.4, 0.5) is 5.69 Å². The number of carbonyl (C=O) groups is 2. The van der Waals surface area contributed by atoms with Gasteiger partial charge in [0.05, 0.1) is 11.4 Å². The predicted molar refractivity (Wildman–Crippen MR) is 103 cm³/mol. The van der Waals surface area contributed by atoms with Crippen molar-refractivity contribution >= 4 is 40.0 Å². The second-order valence-corrected chi connectivity index (χ2v) is 8.59. The van der Waals surface area contributed by atoms with Gasteiger partial charge in [-0.15, -0.1) is 12.4 Å². The van der Waals surface area contributed by atoms with E-state index in [-0.39, 0.29) is 29.8 Å². The molecule has 1 unspecified atom stereocenters. The van der Waals surface area contributed by atoms with Crippen LogP contribution in [-0.2, 0) is 19.6 Å². The molecule has 150 valence electrons. The number of rotatable bonds is 6. The van der Waals surface area contributed by atoms with Crippen molar-refractivity contribution in [3.8, 4) is 0 Å². The van der Waals surface area contributed by atoms with Gasteiger partial charge in [-0.2, -0.15) is 4.31 Å². The molecule has 2 fully saturated rings. The fourth-order valence-corrected chi connectivity index (χ4v) is 5.06. The van der Waals surface area contributed by atoms with Crippen molar-refractivity contribution in [2.24, 2.45) is 0 Å². The highest BCUT2D eigenvalue weighted by Gasteiger charge is 2.32. The molecule has 27 heavy (non-hydrogen) atoms. The number of anilines is 1. The number of amides is 1. The fraction of sp³-hybridized carbons (Fsp3) is 0.529. The zero-order valence-electron chi connectivity index (χ0n) is 14.8. The Bertz CT molecular complexity index is 796. The number of carboxylic acid groups (broad SMARTS) is 1. The van der Waals surface area contributed by atoms with Gasteiger partial charge in [-0.3, -0.25) is 14.5 Å². The molecule has 0 saturated carbocycles. The molecule has 1 aromatic carbocycles. The van der Waals surface area contributed by atoms with Crippen LogP contribution in [0.25, 0.3) is 0 Å². The van der Waals surface area contributed by atoms with Crippen LogP contribution in [0.15, 0.2) is 29.2 Å². The standard InChI is InChI=1S/C17H23N3O5S.ClH/c21-16(12-19-8-4-7-15(19)17(22)23)18-13-5-3-6-14(11-13)26(24,25)20-9-1-2-10-20;/h3,5-6,11,15H,1-2,4,7-10,12H2,(H,18,21)(H,22,23);1H. The van der Waals surface area contributed by atoms with Crippen molar-refractivity contribution < 1.29 is 23.1 Å². The molecule has 1 amide bonds. The van der Waals surface area contributed by atoms with Crippen LogP contribution in [0.2, 0.25) is 0 Å². The predicted octanol–water partition coefficient (Wildman–Crippen LogP) is 1.38. The number of likely N-dealkylation sites (tertiary alicyclic amines) is 1. The van der Waals surface area contributed by atoms with E-state index < -0.39 is 22.0 Å². The molecular formula is C17H24ClN3O5S. The molecule has 3 rings (SSSR count). The topological polar surface area (TPSA) is 107 Å². The third-order valence-corrected chi connectivity index (χ3v) is 6.71. The molecule has 0 spiro atoms. The second kappa shape index (κ2) is 9.01. The maximum atomic E-state index is 12.6. The van der Waals surface area contributed by atoms with Crippen molar-refractivity contribution in [1.29, 1.82) is 0 Å². The average Bonchev–Trinajstić information content (AvgIpc) is 3.26. The van der Waals surface area contributed by atoms with Gasteiger partial charge in [0.15, 0.2) is 0 Å². The van der Waals surface area contributed by atoms with E-state index in [0.717, 1.165) is 19.3 Å². The van der Waals surface area contributed by atoms with Crippen molar-refractivity contribution in [3.05, 3.63) is 24.3 Å². The van der Waals surface area contributed by atoms with Gasteiger partial charge >= 0.3 is 5.97 Å². The summed E-state index contributed by atoms with van der Waals surface area (Å²) in [6.45, 7) is 1.57. The van der Waals surface area contributed by atoms with Crippen LogP contribution in [-0.4, -0.2) is 66.8 Å². The number of nitrogens with one attached hydrogen (secondary N) is 1. The third-order valence-electron chi connectivity index (χ3n) is 4.82. The van der Waals surface area contributed by atoms with Crippen molar-refractivity contribution in [2.75, 3.05) is 31.5 Å². The summed E-state index contributed by atoms with van der Waals surface area (Å²) in [6, 6.07) is 5.55. The fourth-order valence-electron chi connectivity index (χ4n) is 3.49. The van der Waals surface area contributed by atoms with Crippen LogP contribution >= 0.6 is 12.4 Å². The maximum absolute atomic E-state index is 12.6. The van der Waals surface area contributed by atoms with Crippen molar-refractivity contribution in [2.45, 2.75) is 36.6 Å². The van der Waals surface area contributed by atoms with E-state index in [4.69, 9.17) is 0 Å². The van der Waals surface area contributed by atoms with Crippen LogP contribution in [0.1, 0.15) is 25.7 Å². The van der Waals surface area contributed by atoms with E-state index in [1.165, 1.54) is 16.4 Å². The molecule has 2 heterocycles. The van der Waals surface area contributed by atoms with Gasteiger partial charge in [0.2, 0.25) is 15.9 Å². The molecule has 10 heteroatoms. The molecular weight excluding hydrogens is 394 g/mol. The molecule has 2 saturated heterocycles. The zero-order valence-corrected chi connectivity index (χ0v) is 16.5. The highest BCUT2D eigenvalue weighted by atomic mass is 35.5. The molecule has 2 aliphatic heterocycles. The summed E-state index contributed by atoms with van der Waals surface area (Å²) >= 11 is 0. The van der Waals surface area contributed by atoms with E-state index >= 15 is 0 Å². The molecule has 2 N–H and O–H groups in total. The minimum atomic E-state index is -3.55. The number of nitrogens with zero attached hydrogens (tertiary/aromatic N) is 2. The Morgan fingerprint density at radius 1 is 1.15 bits per heavy atom. The van der Waals surface area contributed by atoms with E-state index in [0.29, 0.717) is 31.7 Å². The highest BCUT2D eigenvalue weighted by molar-refractivity contribution is 7.89. The van der Waals surface area contributed by atoms with Gasteiger partial charge in [0.1, 0.15) is 6.04 Å². The average molecular weight is 418 g/mol. The highest BCUT2D eigenvalue weighted by Crippen LogP contribution is 2.23. The Hall–Kier alpha value is -1.68. The third kappa shape index (κ3) is 4.98. The van der Waals surface area contributed by atoms with Crippen LogP contribution in [0, 0.1) is 0 Å². The van der Waals surface area contributed by atoms with Gasteiger partial charge in [0.25, 0.3) is 0 Å². The monoisotopic (exact) mass is 417 g/mol. The van der Waals surface area contributed by atoms with Crippen LogP contribution < -0.4 is 5.32 Å². The number of benzene rings is 1. The minimum Gasteiger partial charge on any atom is -0.480 e. The Labute approximate surface area is 165 Å². The van der Waals surface area contributed by atoms with E-state index in [1.807, 2.05) is 0 Å². The molecule has 0 radical (unpaired) electrons. The lowest BCUT2D eigenvalue weighted by Gasteiger charge is -2.20. The molecule has 0 aliphatic carbocycles. The molecule has 1 aromatic rings. The van der Waals surface area contributed by atoms with Crippen molar-refractivity contribution in [3.63, 3.8) is 0 Å². The van der Waals surface area contributed by atoms with E-state index in [9.17, 15) is 23.1 Å². The molecule has 1 atom stereocenters. The first kappa shape index (κ1) is 21.6. The molecule has 0 bridgehead atoms. The van der Waals surface area contributed by atoms with Crippen LogP contribution in [0.3, 0.4) is 0 Å². The number of carbonyl (C=O) groups excluding carboxylic acids is 1. The quantitative estimate of drug-likeness (QED) is 0.724. The van der Waals surface area contributed by atoms with E-state index in [2.05, 4.69) is 5.32 Å². The molecule has 8 nitrogen and oxygen atoms in total. The van der Waals surface area contributed by atoms with Crippen molar-refractivity contribution in [1.82, 2.24) is 9.21 Å². The Morgan fingerprint density at radius 2 is 1.85 bits per heavy atom. The zero-order chi connectivity index (χ0) is 18.7. The smallest absolute Gasteiger partial charge is 0.320 e. The largest absolute Gasteiger partial charge is 0.480 e. The van der Waals surface area contributed by atoms with Gasteiger partial charge < -0.3 is 10.4 Å². The Balaban J connectivity index is 0.00000261. The number of aliphatic carboxylic acids is 1. The van der Waals surface area contributed by atoms with Crippen LogP contribution in [0.5, 0.6) is 0 Å². The lowest BCUT2D eigenvalue weighted by atomic mass is 10.2. The number of hydrogen-bond donors (Lipinski definition) is 2. The number of sulfonamides is 1. The maximum Gasteiger partial charge on any atom is 0.320 e. The SMILES string of the molecule is Cl.O=C(CN1CCCC1C(=O)O)Nc1cccc(S(=O)(=O)N2CCCC2)c1. The Morgan fingerprint density at radius 3 is 2.52 bits per heavy atom. The summed E-state index contributed by atoms with van der Waals surface area (Å²) in [5, 5.41) is 11.8. The number of hydrogen-bond acceptors (Lipinski definition) is 5. The summed E-state index contributed by atoms with van der Waals surface area (Å²) in [7, 11) is -3.55. The lowest BCUT2D eigenvalue weighted by Crippen LogP contribution is -2.40. The first-order chi connectivity index (χ1) is 12.4. The van der Waals surface area contributed by atoms with Gasteiger partial charge in [0, 0.05) is 18.8 Å². The van der Waals surface area contributed by atoms with Gasteiger partial charge in [-0.25, -0.2) is 8.42 Å². The Kier molecular flexibility index (Phi) is 7.21. The summed E-state index contributed by atoms with van der Waals surface area (Å²) in [5.74, 6) is -1.28. The normalized spacial score (nSPS) is 21.0. The lowest BCUT2D eigenvalue weighted by molar-refractivity contribution is -0.142. The summed E-state index contributed by atoms with van der Waals surface area (Å²) < 4.78 is 26.7. The van der Waals surface area contributed by atoms with Gasteiger partial charge in [-0.05, 0) is 50.4 Å². The van der Waals surface area contributed by atoms with E-state index in [1.54, 1.807) is 17.0 Å². The summed E-state index contributed by atoms with van der Waals surface area (Å²) in [4.78, 5) is 25.2. The molecule has 0 aromatic heterocycles. The first-order valence-corrected chi connectivity index (χ1v) is 10.2. The summed E-state index contributed by atoms with van der Waals surface area (Å²) in [6.07, 6.45) is 2.99. The number of carboxylic acids is 1. The van der Waals surface area contributed by atoms with Gasteiger partial charge in [-0.1, -0.05) is 6.07 Å². The molecule has 2 aliphatic rings. The second-order valence-electron chi connectivity index (χ2n) is 6.65. The number of halogens is 1.